The molecule has 2 saturated heterocycles. The maximum atomic E-state index is 12.8. The number of carbonyl (C=O) groups is 1. The summed E-state index contributed by atoms with van der Waals surface area (Å²) in [5.74, 6) is 0.800. The summed E-state index contributed by atoms with van der Waals surface area (Å²) in [6.07, 6.45) is 2.49. The molecule has 0 atom stereocenters. The summed E-state index contributed by atoms with van der Waals surface area (Å²) in [7, 11) is 0. The highest BCUT2D eigenvalue weighted by atomic mass is 35.5. The zero-order chi connectivity index (χ0) is 22.7. The molecule has 0 spiro atoms. The summed E-state index contributed by atoms with van der Waals surface area (Å²) >= 11 is 12.8. The maximum Gasteiger partial charge on any atom is 0.270 e. The number of nitro benzene ring substituents is 1. The Labute approximate surface area is 199 Å². The van der Waals surface area contributed by atoms with Crippen LogP contribution in [0.15, 0.2) is 39.7 Å². The molecule has 2 aliphatic heterocycles. The molecule has 168 valence electrons. The Bertz CT molecular complexity index is 1080. The molecule has 4 rings (SSSR count). The van der Waals surface area contributed by atoms with Crippen molar-refractivity contribution in [3.8, 4) is 11.3 Å². The van der Waals surface area contributed by atoms with Gasteiger partial charge in [-0.05, 0) is 24.6 Å². The summed E-state index contributed by atoms with van der Waals surface area (Å²) < 4.78 is 11.7. The predicted molar refractivity (Wildman–Crippen MR) is 128 cm³/mol. The van der Waals surface area contributed by atoms with Crippen molar-refractivity contribution in [3.05, 3.63) is 56.1 Å². The first-order chi connectivity index (χ1) is 15.4. The monoisotopic (exact) mass is 493 g/mol. The molecule has 0 bridgehead atoms. The van der Waals surface area contributed by atoms with Crippen molar-refractivity contribution in [3.63, 3.8) is 0 Å². The van der Waals surface area contributed by atoms with Crippen LogP contribution in [0.4, 0.5) is 5.69 Å². The van der Waals surface area contributed by atoms with Crippen LogP contribution in [0.2, 0.25) is 5.02 Å². The fourth-order valence-corrected chi connectivity index (χ4v) is 5.05. The minimum absolute atomic E-state index is 0.0946. The molecule has 0 radical (unpaired) electrons. The van der Waals surface area contributed by atoms with Crippen molar-refractivity contribution in [1.82, 2.24) is 9.80 Å². The van der Waals surface area contributed by atoms with Crippen molar-refractivity contribution in [1.29, 1.82) is 0 Å². The highest BCUT2D eigenvalue weighted by Gasteiger charge is 2.32. The van der Waals surface area contributed by atoms with E-state index in [1.165, 1.54) is 30.0 Å². The van der Waals surface area contributed by atoms with Gasteiger partial charge in [-0.1, -0.05) is 35.6 Å². The van der Waals surface area contributed by atoms with Gasteiger partial charge in [0, 0.05) is 50.0 Å². The van der Waals surface area contributed by atoms with E-state index >= 15 is 0 Å². The van der Waals surface area contributed by atoms with Gasteiger partial charge in [0.2, 0.25) is 0 Å². The van der Waals surface area contributed by atoms with E-state index in [2.05, 4.69) is 4.90 Å². The molecule has 3 heterocycles. The first-order valence-electron chi connectivity index (χ1n) is 10.0. The van der Waals surface area contributed by atoms with Crippen LogP contribution in [0.25, 0.3) is 17.4 Å². The smallest absolute Gasteiger partial charge is 0.270 e. The number of morpholine rings is 1. The number of thioether (sulfide) groups is 1. The Kier molecular flexibility index (Phi) is 7.27. The molecular weight excluding hydrogens is 474 g/mol. The quantitative estimate of drug-likeness (QED) is 0.242. The third-order valence-electron chi connectivity index (χ3n) is 5.16. The van der Waals surface area contributed by atoms with Crippen LogP contribution in [-0.2, 0) is 9.53 Å². The lowest BCUT2D eigenvalue weighted by atomic mass is 10.1. The molecule has 1 aromatic carbocycles. The van der Waals surface area contributed by atoms with E-state index in [1.54, 1.807) is 23.1 Å². The molecule has 32 heavy (non-hydrogen) atoms. The van der Waals surface area contributed by atoms with E-state index in [0.717, 1.165) is 39.3 Å². The lowest BCUT2D eigenvalue weighted by Gasteiger charge is -2.27. The highest BCUT2D eigenvalue weighted by molar-refractivity contribution is 8.26. The highest BCUT2D eigenvalue weighted by Crippen LogP contribution is 2.35. The van der Waals surface area contributed by atoms with Crippen LogP contribution in [-0.4, -0.2) is 64.3 Å². The number of thiocarbonyl (C=S) groups is 1. The number of furan rings is 1. The third kappa shape index (κ3) is 5.21. The maximum absolute atomic E-state index is 12.8. The molecule has 2 aromatic rings. The number of nitro groups is 1. The van der Waals surface area contributed by atoms with Crippen molar-refractivity contribution in [2.24, 2.45) is 0 Å². The van der Waals surface area contributed by atoms with E-state index in [0.29, 0.717) is 32.9 Å². The van der Waals surface area contributed by atoms with Gasteiger partial charge < -0.3 is 9.15 Å². The Hall–Kier alpha value is -2.24. The number of ether oxygens (including phenoxy) is 1. The SMILES string of the molecule is O=C1/C(=C/c2ccc(-c3ccc([N+](=O)[O-])cc3Cl)o2)SC(=S)N1CCCN1CCOCC1. The number of nitrogens with zero attached hydrogens (tertiary/aromatic N) is 3. The standard InChI is InChI=1S/C21H20ClN3O5S2/c22-17-12-14(25(27)28)2-4-16(17)18-5-3-15(30-18)13-19-20(26)24(21(31)32-19)7-1-6-23-8-10-29-11-9-23/h2-5,12-13H,1,6-11H2/b19-13-. The average molecular weight is 494 g/mol. The van der Waals surface area contributed by atoms with Gasteiger partial charge in [-0.15, -0.1) is 0 Å². The van der Waals surface area contributed by atoms with Crippen LogP contribution in [0.5, 0.6) is 0 Å². The van der Waals surface area contributed by atoms with Crippen molar-refractivity contribution < 1.29 is 18.9 Å². The summed E-state index contributed by atoms with van der Waals surface area (Å²) in [5.41, 5.74) is 0.440. The zero-order valence-corrected chi connectivity index (χ0v) is 19.4. The Balaban J connectivity index is 1.41. The molecule has 0 N–H and O–H groups in total. The fourth-order valence-electron chi connectivity index (χ4n) is 3.49. The number of halogens is 1. The number of amides is 1. The van der Waals surface area contributed by atoms with E-state index in [4.69, 9.17) is 33.0 Å². The Morgan fingerprint density at radius 1 is 1.22 bits per heavy atom. The Morgan fingerprint density at radius 2 is 2.00 bits per heavy atom. The number of hydrogen-bond donors (Lipinski definition) is 0. The number of rotatable bonds is 7. The molecule has 1 aromatic heterocycles. The van der Waals surface area contributed by atoms with E-state index in [1.807, 2.05) is 0 Å². The number of hydrogen-bond acceptors (Lipinski definition) is 8. The topological polar surface area (TPSA) is 89.1 Å². The van der Waals surface area contributed by atoms with Crippen molar-refractivity contribution in [2.45, 2.75) is 6.42 Å². The zero-order valence-electron chi connectivity index (χ0n) is 17.0. The minimum Gasteiger partial charge on any atom is -0.457 e. The number of carbonyl (C=O) groups excluding carboxylic acids is 1. The lowest BCUT2D eigenvalue weighted by Crippen LogP contribution is -2.38. The molecule has 8 nitrogen and oxygen atoms in total. The summed E-state index contributed by atoms with van der Waals surface area (Å²) in [5, 5.41) is 11.1. The second kappa shape index (κ2) is 10.1. The van der Waals surface area contributed by atoms with E-state index < -0.39 is 4.92 Å². The number of benzene rings is 1. The average Bonchev–Trinajstić information content (AvgIpc) is 3.34. The van der Waals surface area contributed by atoms with Gasteiger partial charge in [-0.2, -0.15) is 0 Å². The minimum atomic E-state index is -0.508. The molecule has 11 heteroatoms. The largest absolute Gasteiger partial charge is 0.457 e. The van der Waals surface area contributed by atoms with Gasteiger partial charge in [0.25, 0.3) is 11.6 Å². The predicted octanol–water partition coefficient (Wildman–Crippen LogP) is 4.43. The molecule has 0 saturated carbocycles. The van der Waals surface area contributed by atoms with Crippen LogP contribution in [0.3, 0.4) is 0 Å². The molecule has 2 fully saturated rings. The second-order valence-electron chi connectivity index (χ2n) is 7.26. The van der Waals surface area contributed by atoms with E-state index in [-0.39, 0.29) is 16.6 Å². The molecule has 1 amide bonds. The van der Waals surface area contributed by atoms with Crippen LogP contribution in [0.1, 0.15) is 12.2 Å². The van der Waals surface area contributed by atoms with Crippen LogP contribution in [0, 0.1) is 10.1 Å². The van der Waals surface area contributed by atoms with Gasteiger partial charge in [-0.3, -0.25) is 24.7 Å². The first kappa shape index (κ1) is 22.9. The normalized spacial score (nSPS) is 18.7. The number of non-ortho nitro benzene ring substituents is 1. The summed E-state index contributed by atoms with van der Waals surface area (Å²) in [6, 6.07) is 7.61. The first-order valence-corrected chi connectivity index (χ1v) is 11.6. The molecule has 0 aliphatic carbocycles. The van der Waals surface area contributed by atoms with Gasteiger partial charge in [0.05, 0.1) is 28.1 Å². The van der Waals surface area contributed by atoms with Crippen LogP contribution >= 0.6 is 35.6 Å². The second-order valence-corrected chi connectivity index (χ2v) is 9.35. The van der Waals surface area contributed by atoms with Gasteiger partial charge in [-0.25, -0.2) is 0 Å². The summed E-state index contributed by atoms with van der Waals surface area (Å²) in [6.45, 7) is 4.80. The Morgan fingerprint density at radius 3 is 2.72 bits per heavy atom. The van der Waals surface area contributed by atoms with Crippen molar-refractivity contribution in [2.75, 3.05) is 39.4 Å². The van der Waals surface area contributed by atoms with E-state index in [9.17, 15) is 14.9 Å². The van der Waals surface area contributed by atoms with Gasteiger partial charge >= 0.3 is 0 Å². The van der Waals surface area contributed by atoms with Gasteiger partial charge in [0.1, 0.15) is 15.8 Å². The molecule has 0 unspecified atom stereocenters. The van der Waals surface area contributed by atoms with Crippen LogP contribution < -0.4 is 0 Å². The lowest BCUT2D eigenvalue weighted by molar-refractivity contribution is -0.384. The third-order valence-corrected chi connectivity index (χ3v) is 6.85. The molecular formula is C21H20ClN3O5S2. The molecule has 2 aliphatic rings. The van der Waals surface area contributed by atoms with Gasteiger partial charge in [0.15, 0.2) is 0 Å². The summed E-state index contributed by atoms with van der Waals surface area (Å²) in [4.78, 5) is 27.7. The fraction of sp³-hybridized carbons (Fsp3) is 0.333. The van der Waals surface area contributed by atoms with Crippen molar-refractivity contribution >= 4 is 57.6 Å².